The highest BCUT2D eigenvalue weighted by Gasteiger charge is 2.28. The van der Waals surface area contributed by atoms with Gasteiger partial charge in [-0.3, -0.25) is 4.72 Å². The second-order valence-corrected chi connectivity index (χ2v) is 7.34. The van der Waals surface area contributed by atoms with Crippen LogP contribution < -0.4 is 4.72 Å². The van der Waals surface area contributed by atoms with Crippen LogP contribution in [0.4, 0.5) is 18.9 Å². The van der Waals surface area contributed by atoms with Crippen LogP contribution >= 0.6 is 11.8 Å². The Kier molecular flexibility index (Phi) is 5.41. The zero-order valence-electron chi connectivity index (χ0n) is 12.0. The Bertz CT molecular complexity index is 858. The molecule has 0 radical (unpaired) electrons. The fourth-order valence-electron chi connectivity index (χ4n) is 1.75. The summed E-state index contributed by atoms with van der Waals surface area (Å²) in [6.45, 7) is 0. The first-order chi connectivity index (χ1) is 11.2. The minimum Gasteiger partial charge on any atom is -0.278 e. The molecule has 2 aromatic carbocycles. The number of para-hydroxylation sites is 1. The van der Waals surface area contributed by atoms with E-state index in [9.17, 15) is 21.6 Å². The number of halogens is 3. The van der Waals surface area contributed by atoms with Crippen LogP contribution in [-0.4, -0.2) is 20.3 Å². The summed E-state index contributed by atoms with van der Waals surface area (Å²) in [5.74, 6) is -1.12. The molecule has 0 fully saturated rings. The van der Waals surface area contributed by atoms with Gasteiger partial charge in [0.15, 0.2) is 0 Å². The minimum absolute atomic E-state index is 0.0658. The second kappa shape index (κ2) is 7.15. The molecule has 0 aliphatic rings. The third-order valence-corrected chi connectivity index (χ3v) is 5.34. The number of anilines is 1. The van der Waals surface area contributed by atoms with Crippen molar-refractivity contribution < 1.29 is 21.6 Å². The van der Waals surface area contributed by atoms with Crippen LogP contribution in [0.15, 0.2) is 58.3 Å². The molecule has 0 unspecified atom stereocenters. The van der Waals surface area contributed by atoms with E-state index >= 15 is 0 Å². The number of sulfonamides is 1. The topological polar surface area (TPSA) is 70.0 Å². The van der Waals surface area contributed by atoms with Gasteiger partial charge in [-0.15, -0.1) is 11.8 Å². The number of hydrogen-bond acceptors (Lipinski definition) is 4. The summed E-state index contributed by atoms with van der Waals surface area (Å²) in [5.41, 5.74) is 0.367. The van der Waals surface area contributed by atoms with Crippen molar-refractivity contribution in [3.8, 4) is 6.07 Å². The largest absolute Gasteiger partial charge is 0.398 e. The number of nitrogens with zero attached hydrogens (tertiary/aromatic N) is 1. The molecule has 1 N–H and O–H groups in total. The normalized spacial score (nSPS) is 11.8. The van der Waals surface area contributed by atoms with E-state index in [1.807, 2.05) is 6.07 Å². The van der Waals surface area contributed by atoms with Crippen LogP contribution in [-0.2, 0) is 10.0 Å². The van der Waals surface area contributed by atoms with E-state index in [1.54, 1.807) is 0 Å². The Hall–Kier alpha value is -2.18. The maximum atomic E-state index is 12.4. The smallest absolute Gasteiger partial charge is 0.278 e. The highest BCUT2D eigenvalue weighted by molar-refractivity contribution is 7.99. The van der Waals surface area contributed by atoms with Crippen LogP contribution in [0.3, 0.4) is 0 Å². The summed E-state index contributed by atoms with van der Waals surface area (Å²) < 4.78 is 64.0. The zero-order chi connectivity index (χ0) is 17.8. The molecule has 2 rings (SSSR count). The van der Waals surface area contributed by atoms with Crippen molar-refractivity contribution in [2.24, 2.45) is 0 Å². The average molecular weight is 372 g/mol. The van der Waals surface area contributed by atoms with E-state index < -0.39 is 22.0 Å². The molecule has 0 aliphatic heterocycles. The Morgan fingerprint density at radius 3 is 2.29 bits per heavy atom. The number of nitriles is 1. The zero-order valence-corrected chi connectivity index (χ0v) is 13.7. The predicted octanol–water partition coefficient (Wildman–Crippen LogP) is 4.01. The monoisotopic (exact) mass is 372 g/mol. The molecule has 0 amide bonds. The highest BCUT2D eigenvalue weighted by atomic mass is 32.2. The second-order valence-electron chi connectivity index (χ2n) is 4.64. The molecule has 0 saturated carbocycles. The van der Waals surface area contributed by atoms with Crippen molar-refractivity contribution >= 4 is 27.5 Å². The first kappa shape index (κ1) is 18.2. The summed E-state index contributed by atoms with van der Waals surface area (Å²) in [7, 11) is -3.97. The molecule has 0 bridgehead atoms. The summed E-state index contributed by atoms with van der Waals surface area (Å²) in [6, 6.07) is 12.9. The van der Waals surface area contributed by atoms with E-state index in [2.05, 4.69) is 4.72 Å². The van der Waals surface area contributed by atoms with Gasteiger partial charge in [0.25, 0.3) is 10.0 Å². The summed E-state index contributed by atoms with van der Waals surface area (Å²) in [6.07, 6.45) is -4.36. The predicted molar refractivity (Wildman–Crippen MR) is 85.2 cm³/mol. The fraction of sp³-hybridized carbons (Fsp3) is 0.133. The Labute approximate surface area is 141 Å². The third-order valence-electron chi connectivity index (χ3n) is 2.82. The lowest BCUT2D eigenvalue weighted by molar-refractivity contribution is -0.105. The standard InChI is InChI=1S/C15H11F3N2O2S2/c16-15(17,18)10-23-14-4-2-1-3-13(14)20-24(21,22)12-7-5-11(9-19)6-8-12/h1-8,20H,10H2. The van der Waals surface area contributed by atoms with Crippen LogP contribution in [0.25, 0.3) is 0 Å². The van der Waals surface area contributed by atoms with Gasteiger partial charge < -0.3 is 0 Å². The van der Waals surface area contributed by atoms with Crippen molar-refractivity contribution in [1.29, 1.82) is 5.26 Å². The molecule has 2 aromatic rings. The molecular formula is C15H11F3N2O2S2. The van der Waals surface area contributed by atoms with Crippen LogP contribution in [0, 0.1) is 11.3 Å². The minimum atomic E-state index is -4.36. The van der Waals surface area contributed by atoms with Gasteiger partial charge in [-0.1, -0.05) is 12.1 Å². The lowest BCUT2D eigenvalue weighted by Gasteiger charge is -2.13. The SMILES string of the molecule is N#Cc1ccc(S(=O)(=O)Nc2ccccc2SCC(F)(F)F)cc1. The quantitative estimate of drug-likeness (QED) is 0.805. The van der Waals surface area contributed by atoms with E-state index in [-0.39, 0.29) is 15.5 Å². The number of hydrogen-bond donors (Lipinski definition) is 1. The number of thioether (sulfide) groups is 1. The average Bonchev–Trinajstić information content (AvgIpc) is 2.53. The molecule has 0 aromatic heterocycles. The molecule has 126 valence electrons. The van der Waals surface area contributed by atoms with Crippen molar-refractivity contribution in [1.82, 2.24) is 0 Å². The van der Waals surface area contributed by atoms with Gasteiger partial charge in [-0.25, -0.2) is 8.42 Å². The fourth-order valence-corrected chi connectivity index (χ4v) is 3.66. The van der Waals surface area contributed by atoms with Crippen LogP contribution in [0.5, 0.6) is 0 Å². The van der Waals surface area contributed by atoms with Gasteiger partial charge in [0, 0.05) is 4.90 Å². The number of benzene rings is 2. The third kappa shape index (κ3) is 4.91. The van der Waals surface area contributed by atoms with E-state index in [0.29, 0.717) is 17.3 Å². The molecule has 24 heavy (non-hydrogen) atoms. The molecule has 9 heteroatoms. The Morgan fingerprint density at radius 1 is 1.08 bits per heavy atom. The van der Waals surface area contributed by atoms with Crippen LogP contribution in [0.2, 0.25) is 0 Å². The Balaban J connectivity index is 2.24. The van der Waals surface area contributed by atoms with Gasteiger partial charge in [0.2, 0.25) is 0 Å². The maximum Gasteiger partial charge on any atom is 0.398 e. The van der Waals surface area contributed by atoms with Gasteiger partial charge in [-0.05, 0) is 36.4 Å². The van der Waals surface area contributed by atoms with E-state index in [4.69, 9.17) is 5.26 Å². The number of alkyl halides is 3. The van der Waals surface area contributed by atoms with Gasteiger partial charge in [0.1, 0.15) is 0 Å². The molecular weight excluding hydrogens is 361 g/mol. The van der Waals surface area contributed by atoms with Crippen molar-refractivity contribution in [2.75, 3.05) is 10.5 Å². The maximum absolute atomic E-state index is 12.4. The molecule has 4 nitrogen and oxygen atoms in total. The first-order valence-corrected chi connectivity index (χ1v) is 9.00. The van der Waals surface area contributed by atoms with E-state index in [1.165, 1.54) is 48.5 Å². The number of nitrogens with one attached hydrogen (secondary N) is 1. The van der Waals surface area contributed by atoms with Gasteiger partial charge >= 0.3 is 6.18 Å². The van der Waals surface area contributed by atoms with Gasteiger partial charge in [-0.2, -0.15) is 18.4 Å². The Morgan fingerprint density at radius 2 is 1.71 bits per heavy atom. The lowest BCUT2D eigenvalue weighted by Crippen LogP contribution is -2.14. The first-order valence-electron chi connectivity index (χ1n) is 6.53. The van der Waals surface area contributed by atoms with Crippen LogP contribution in [0.1, 0.15) is 5.56 Å². The molecule has 0 aliphatic carbocycles. The van der Waals surface area contributed by atoms with Crippen molar-refractivity contribution in [2.45, 2.75) is 16.0 Å². The van der Waals surface area contributed by atoms with Gasteiger partial charge in [0.05, 0.1) is 28.0 Å². The number of rotatable bonds is 5. The van der Waals surface area contributed by atoms with E-state index in [0.717, 1.165) is 0 Å². The molecule has 0 heterocycles. The van der Waals surface area contributed by atoms with Crippen molar-refractivity contribution in [3.05, 3.63) is 54.1 Å². The summed E-state index contributed by atoms with van der Waals surface area (Å²) in [4.78, 5) is 0.0872. The van der Waals surface area contributed by atoms with Crippen molar-refractivity contribution in [3.63, 3.8) is 0 Å². The summed E-state index contributed by atoms with van der Waals surface area (Å²) in [5, 5.41) is 8.72. The lowest BCUT2D eigenvalue weighted by atomic mass is 10.2. The molecule has 0 saturated heterocycles. The highest BCUT2D eigenvalue weighted by Crippen LogP contribution is 2.33. The summed E-state index contributed by atoms with van der Waals surface area (Å²) >= 11 is 0.501. The molecule has 0 atom stereocenters. The molecule has 0 spiro atoms.